The Balaban J connectivity index is 0.00000361. The molecule has 0 saturated carbocycles. The lowest BCUT2D eigenvalue weighted by atomic mass is 9.84. The van der Waals surface area contributed by atoms with Crippen molar-refractivity contribution in [1.29, 1.82) is 0 Å². The zero-order valence-corrected chi connectivity index (χ0v) is 20.7. The van der Waals surface area contributed by atoms with Crippen LogP contribution in [0.2, 0.25) is 0 Å². The van der Waals surface area contributed by atoms with Crippen LogP contribution in [0.5, 0.6) is 17.2 Å². The molecular weight excluding hydrogens is 492 g/mol. The molecular formula is C27H28ClF2NO5. The number of fused-ring (bicyclic) bond motifs is 1. The van der Waals surface area contributed by atoms with Crippen LogP contribution in [-0.2, 0) is 4.79 Å². The van der Waals surface area contributed by atoms with Crippen molar-refractivity contribution in [3.8, 4) is 17.2 Å². The lowest BCUT2D eigenvalue weighted by molar-refractivity contribution is -0.139. The minimum Gasteiger partial charge on any atom is -0.494 e. The van der Waals surface area contributed by atoms with E-state index in [0.717, 1.165) is 22.4 Å². The van der Waals surface area contributed by atoms with Crippen LogP contribution in [0.1, 0.15) is 42.0 Å². The van der Waals surface area contributed by atoms with E-state index in [9.17, 15) is 13.6 Å². The minimum atomic E-state index is -1.18. The summed E-state index contributed by atoms with van der Waals surface area (Å²) in [6.45, 7) is 1.88. The molecule has 192 valence electrons. The van der Waals surface area contributed by atoms with Crippen LogP contribution in [0, 0.1) is 11.6 Å². The Morgan fingerprint density at radius 2 is 1.83 bits per heavy atom. The van der Waals surface area contributed by atoms with Gasteiger partial charge in [-0.05, 0) is 54.8 Å². The molecule has 2 N–H and O–H groups in total. The fourth-order valence-electron chi connectivity index (χ4n) is 4.29. The number of carboxylic acid groups (broad SMARTS) is 1. The second-order valence-corrected chi connectivity index (χ2v) is 8.46. The summed E-state index contributed by atoms with van der Waals surface area (Å²) in [4.78, 5) is 10.9. The molecule has 2 unspecified atom stereocenters. The molecule has 0 radical (unpaired) electrons. The molecule has 0 amide bonds. The molecule has 0 aliphatic carbocycles. The van der Waals surface area contributed by atoms with Gasteiger partial charge in [0.25, 0.3) is 0 Å². The van der Waals surface area contributed by atoms with Crippen LogP contribution in [0.3, 0.4) is 0 Å². The van der Waals surface area contributed by atoms with Gasteiger partial charge in [0.05, 0.1) is 7.11 Å². The number of methoxy groups -OCH3 is 1. The van der Waals surface area contributed by atoms with Crippen LogP contribution >= 0.6 is 12.4 Å². The van der Waals surface area contributed by atoms with Gasteiger partial charge in [0, 0.05) is 24.1 Å². The van der Waals surface area contributed by atoms with Gasteiger partial charge >= 0.3 is 5.97 Å². The van der Waals surface area contributed by atoms with Gasteiger partial charge in [0.15, 0.2) is 29.7 Å². The summed E-state index contributed by atoms with van der Waals surface area (Å²) in [7, 11) is 1.43. The molecule has 3 atom stereocenters. The molecule has 0 bridgehead atoms. The Hall–Kier alpha value is -3.36. The second-order valence-electron chi connectivity index (χ2n) is 8.46. The fourth-order valence-corrected chi connectivity index (χ4v) is 4.29. The van der Waals surface area contributed by atoms with Crippen LogP contribution in [-0.4, -0.2) is 37.4 Å². The highest BCUT2D eigenvalue weighted by molar-refractivity contribution is 5.85. The first-order valence-corrected chi connectivity index (χ1v) is 11.3. The lowest BCUT2D eigenvalue weighted by Crippen LogP contribution is -2.37. The van der Waals surface area contributed by atoms with E-state index < -0.39 is 24.2 Å². The van der Waals surface area contributed by atoms with Gasteiger partial charge in [-0.1, -0.05) is 30.3 Å². The highest BCUT2D eigenvalue weighted by Crippen LogP contribution is 2.41. The first kappa shape index (κ1) is 27.2. The number of aliphatic carboxylic acids is 1. The largest absolute Gasteiger partial charge is 0.494 e. The summed E-state index contributed by atoms with van der Waals surface area (Å²) in [6.07, 6.45) is 0.432. The van der Waals surface area contributed by atoms with Crippen LogP contribution in [0.25, 0.3) is 0 Å². The Bertz CT molecular complexity index is 1210. The molecule has 4 rings (SSSR count). The molecule has 1 aliphatic heterocycles. The van der Waals surface area contributed by atoms with Gasteiger partial charge in [0.1, 0.15) is 11.9 Å². The van der Waals surface area contributed by atoms with E-state index in [0.29, 0.717) is 13.0 Å². The number of hydrogen-bond acceptors (Lipinski definition) is 5. The van der Waals surface area contributed by atoms with Crippen molar-refractivity contribution in [2.24, 2.45) is 0 Å². The zero-order valence-electron chi connectivity index (χ0n) is 19.9. The molecule has 3 aromatic carbocycles. The van der Waals surface area contributed by atoms with Crippen molar-refractivity contribution in [3.05, 3.63) is 89.0 Å². The zero-order chi connectivity index (χ0) is 24.9. The van der Waals surface area contributed by atoms with E-state index in [-0.39, 0.29) is 42.0 Å². The van der Waals surface area contributed by atoms with E-state index in [1.807, 2.05) is 31.2 Å². The number of benzene rings is 3. The van der Waals surface area contributed by atoms with E-state index in [2.05, 4.69) is 5.32 Å². The van der Waals surface area contributed by atoms with Gasteiger partial charge in [-0.25, -0.2) is 13.6 Å². The van der Waals surface area contributed by atoms with Gasteiger partial charge in [-0.15, -0.1) is 12.4 Å². The van der Waals surface area contributed by atoms with E-state index >= 15 is 0 Å². The maximum absolute atomic E-state index is 14.2. The highest BCUT2D eigenvalue weighted by atomic mass is 35.5. The van der Waals surface area contributed by atoms with Gasteiger partial charge < -0.3 is 24.6 Å². The van der Waals surface area contributed by atoms with E-state index in [1.54, 1.807) is 24.3 Å². The Labute approximate surface area is 214 Å². The topological polar surface area (TPSA) is 77.0 Å². The molecule has 0 saturated heterocycles. The average Bonchev–Trinajstić information content (AvgIpc) is 2.86. The van der Waals surface area contributed by atoms with Crippen molar-refractivity contribution < 1.29 is 32.9 Å². The van der Waals surface area contributed by atoms with Gasteiger partial charge in [-0.3, -0.25) is 0 Å². The van der Waals surface area contributed by atoms with Crippen molar-refractivity contribution in [2.75, 3.05) is 20.3 Å². The lowest BCUT2D eigenvalue weighted by Gasteiger charge is -2.33. The molecule has 3 aromatic rings. The Kier molecular flexibility index (Phi) is 9.12. The molecule has 0 spiro atoms. The summed E-state index contributed by atoms with van der Waals surface area (Å²) >= 11 is 0. The Morgan fingerprint density at radius 1 is 1.11 bits per heavy atom. The standard InChI is InChI=1S/C27H27F2NO5.ClH/c1-16(17-7-9-22(28)25(11-17)33-2)30-14-19-13-21(20-5-3-4-6-24(20)35-19)18-8-10-23(29)26(12-18)34-15-27(31)32;/h3-12,16,19,21,30H,13-15H2,1-2H3,(H,31,32);1H/t16-,19?,21?;/m1./s1. The van der Waals surface area contributed by atoms with Crippen molar-refractivity contribution in [3.63, 3.8) is 0 Å². The third-order valence-corrected chi connectivity index (χ3v) is 6.12. The monoisotopic (exact) mass is 519 g/mol. The second kappa shape index (κ2) is 12.1. The normalized spacial score (nSPS) is 17.2. The predicted octanol–water partition coefficient (Wildman–Crippen LogP) is 5.49. The number of halogens is 3. The molecule has 0 aromatic heterocycles. The van der Waals surface area contributed by atoms with Crippen LogP contribution in [0.15, 0.2) is 60.7 Å². The number of hydrogen-bond donors (Lipinski definition) is 2. The van der Waals surface area contributed by atoms with Gasteiger partial charge in [0.2, 0.25) is 0 Å². The molecule has 1 heterocycles. The van der Waals surface area contributed by atoms with Crippen molar-refractivity contribution in [1.82, 2.24) is 5.32 Å². The summed E-state index contributed by atoms with van der Waals surface area (Å²) in [5.74, 6) is -1.46. The molecule has 6 nitrogen and oxygen atoms in total. The number of carbonyl (C=O) groups is 1. The smallest absolute Gasteiger partial charge is 0.341 e. The third-order valence-electron chi connectivity index (χ3n) is 6.12. The average molecular weight is 520 g/mol. The van der Waals surface area contributed by atoms with Crippen molar-refractivity contribution >= 4 is 18.4 Å². The SMILES string of the molecule is COc1cc([C@@H](C)NCC2CC(c3ccc(F)c(OCC(=O)O)c3)c3ccccc3O2)ccc1F.Cl. The summed E-state index contributed by atoms with van der Waals surface area (Å²) in [5, 5.41) is 12.3. The van der Waals surface area contributed by atoms with Crippen molar-refractivity contribution in [2.45, 2.75) is 31.4 Å². The van der Waals surface area contributed by atoms with Crippen LogP contribution in [0.4, 0.5) is 8.78 Å². The number of nitrogens with one attached hydrogen (secondary N) is 1. The maximum Gasteiger partial charge on any atom is 0.341 e. The van der Waals surface area contributed by atoms with Crippen LogP contribution < -0.4 is 19.5 Å². The number of carboxylic acids is 1. The fraction of sp³-hybridized carbons (Fsp3) is 0.296. The quantitative estimate of drug-likeness (QED) is 0.389. The number of para-hydroxylation sites is 1. The van der Waals surface area contributed by atoms with E-state index in [1.165, 1.54) is 19.2 Å². The molecule has 9 heteroatoms. The first-order chi connectivity index (χ1) is 16.9. The molecule has 1 aliphatic rings. The first-order valence-electron chi connectivity index (χ1n) is 11.3. The maximum atomic E-state index is 14.2. The number of rotatable bonds is 9. The third kappa shape index (κ3) is 6.25. The highest BCUT2D eigenvalue weighted by Gasteiger charge is 2.30. The molecule has 36 heavy (non-hydrogen) atoms. The number of ether oxygens (including phenoxy) is 3. The van der Waals surface area contributed by atoms with E-state index in [4.69, 9.17) is 19.3 Å². The Morgan fingerprint density at radius 3 is 2.58 bits per heavy atom. The minimum absolute atomic E-state index is 0. The summed E-state index contributed by atoms with van der Waals surface area (Å²) < 4.78 is 44.5. The molecule has 0 fully saturated rings. The van der Waals surface area contributed by atoms with Gasteiger partial charge in [-0.2, -0.15) is 0 Å². The summed E-state index contributed by atoms with van der Waals surface area (Å²) in [5.41, 5.74) is 2.66. The predicted molar refractivity (Wildman–Crippen MR) is 133 cm³/mol. The summed E-state index contributed by atoms with van der Waals surface area (Å²) in [6, 6.07) is 16.9.